The summed E-state index contributed by atoms with van der Waals surface area (Å²) < 4.78 is 1.72. The number of phenols is 1. The minimum absolute atomic E-state index is 0.147. The van der Waals surface area contributed by atoms with Gasteiger partial charge < -0.3 is 5.11 Å². The predicted octanol–water partition coefficient (Wildman–Crippen LogP) is 5.05. The number of aromatic nitrogens is 1. The van der Waals surface area contributed by atoms with Gasteiger partial charge in [-0.25, -0.2) is 4.68 Å². The maximum atomic E-state index is 10.9. The number of nitrogens with zero attached hydrogens (tertiary/aromatic N) is 5. The van der Waals surface area contributed by atoms with Gasteiger partial charge in [-0.3, -0.25) is 4.99 Å². The van der Waals surface area contributed by atoms with Crippen LogP contribution in [0.1, 0.15) is 30.5 Å². The number of phenolic OH excluding ortho intramolecular Hbond substituents is 1. The van der Waals surface area contributed by atoms with Crippen LogP contribution in [0.25, 0.3) is 0 Å². The molecule has 3 atom stereocenters. The molecule has 2 aliphatic rings. The standard InChI is InChI=1S/C21H21N5O3S/c1-13-12-30-21(23-17-8-4-6-14-5-2-3-7-16(14)17)26(13)22-11-15-9-18(24-28)19(25-29)10-20(15)27/h2-3,5,7,9-12,14,16-17,27H,4,6,8H2,1H3/b22-11+,23-21?. The lowest BCUT2D eigenvalue weighted by Crippen LogP contribution is -2.32. The van der Waals surface area contributed by atoms with Gasteiger partial charge in [0.2, 0.25) is 4.80 Å². The van der Waals surface area contributed by atoms with Gasteiger partial charge >= 0.3 is 0 Å². The highest BCUT2D eigenvalue weighted by molar-refractivity contribution is 7.07. The topological polar surface area (TPSA) is 109 Å². The van der Waals surface area contributed by atoms with Crippen molar-refractivity contribution in [1.82, 2.24) is 4.68 Å². The van der Waals surface area contributed by atoms with Crippen LogP contribution in [0.5, 0.6) is 5.75 Å². The second-order valence-corrected chi connectivity index (χ2v) is 8.27. The number of nitroso groups, excluding NO2 is 2. The van der Waals surface area contributed by atoms with E-state index >= 15 is 0 Å². The Hall–Kier alpha value is -3.20. The van der Waals surface area contributed by atoms with Crippen LogP contribution in [-0.2, 0) is 0 Å². The van der Waals surface area contributed by atoms with Crippen molar-refractivity contribution in [3.05, 3.63) is 67.7 Å². The first-order valence-electron chi connectivity index (χ1n) is 9.74. The van der Waals surface area contributed by atoms with Crippen molar-refractivity contribution in [2.24, 2.45) is 32.3 Å². The van der Waals surface area contributed by atoms with Gasteiger partial charge in [-0.15, -0.1) is 21.2 Å². The number of rotatable bonds is 5. The molecule has 1 aromatic heterocycles. The monoisotopic (exact) mass is 423 g/mol. The van der Waals surface area contributed by atoms with Gasteiger partial charge in [0.1, 0.15) is 17.1 Å². The van der Waals surface area contributed by atoms with Crippen LogP contribution in [0.4, 0.5) is 11.4 Å². The SMILES string of the molecule is Cc1csc(=NC2CCCC3C=CC=CC32)n1/N=C/c1cc(N=O)c(N=O)cc1O. The number of fused-ring (bicyclic) bond motifs is 1. The van der Waals surface area contributed by atoms with E-state index in [9.17, 15) is 14.9 Å². The van der Waals surface area contributed by atoms with Crippen molar-refractivity contribution in [2.45, 2.75) is 32.2 Å². The van der Waals surface area contributed by atoms with E-state index in [-0.39, 0.29) is 28.7 Å². The zero-order chi connectivity index (χ0) is 21.1. The normalized spacial score (nSPS) is 23.6. The van der Waals surface area contributed by atoms with Crippen molar-refractivity contribution in [3.8, 4) is 5.75 Å². The van der Waals surface area contributed by atoms with Crippen molar-refractivity contribution in [3.63, 3.8) is 0 Å². The van der Waals surface area contributed by atoms with Crippen molar-refractivity contribution in [2.75, 3.05) is 0 Å². The summed E-state index contributed by atoms with van der Waals surface area (Å²) in [6.45, 7) is 1.93. The number of aromatic hydroxyl groups is 1. The Kier molecular flexibility index (Phi) is 5.80. The minimum atomic E-state index is -0.212. The molecule has 1 fully saturated rings. The summed E-state index contributed by atoms with van der Waals surface area (Å²) in [5.41, 5.74) is 0.808. The van der Waals surface area contributed by atoms with Crippen LogP contribution in [0, 0.1) is 28.6 Å². The molecule has 154 valence electrons. The molecule has 0 saturated heterocycles. The first kappa shape index (κ1) is 20.1. The fourth-order valence-corrected chi connectivity index (χ4v) is 4.85. The van der Waals surface area contributed by atoms with E-state index in [1.54, 1.807) is 4.68 Å². The maximum Gasteiger partial charge on any atom is 0.206 e. The number of aryl methyl sites for hydroxylation is 1. The van der Waals surface area contributed by atoms with E-state index in [4.69, 9.17) is 4.99 Å². The lowest BCUT2D eigenvalue weighted by molar-refractivity contribution is 0.288. The van der Waals surface area contributed by atoms with E-state index in [2.05, 4.69) is 39.8 Å². The molecule has 1 N–H and O–H groups in total. The summed E-state index contributed by atoms with van der Waals surface area (Å²) in [6, 6.07) is 2.58. The first-order chi connectivity index (χ1) is 14.6. The van der Waals surface area contributed by atoms with Crippen LogP contribution < -0.4 is 4.80 Å². The summed E-state index contributed by atoms with van der Waals surface area (Å²) >= 11 is 1.52. The van der Waals surface area contributed by atoms with E-state index in [1.807, 2.05) is 12.3 Å². The van der Waals surface area contributed by atoms with Crippen LogP contribution >= 0.6 is 11.3 Å². The molecule has 0 amide bonds. The Morgan fingerprint density at radius 1 is 1.13 bits per heavy atom. The van der Waals surface area contributed by atoms with Crippen molar-refractivity contribution in [1.29, 1.82) is 0 Å². The number of allylic oxidation sites excluding steroid dienone is 3. The van der Waals surface area contributed by atoms with Gasteiger partial charge in [-0.2, -0.15) is 5.10 Å². The fourth-order valence-electron chi connectivity index (χ4n) is 3.99. The summed E-state index contributed by atoms with van der Waals surface area (Å²) in [5, 5.41) is 22.0. The molecule has 0 spiro atoms. The number of hydrogen-bond donors (Lipinski definition) is 1. The van der Waals surface area contributed by atoms with E-state index < -0.39 is 0 Å². The van der Waals surface area contributed by atoms with Gasteiger partial charge in [-0.1, -0.05) is 30.7 Å². The molecule has 9 heteroatoms. The molecule has 2 aromatic rings. The lowest BCUT2D eigenvalue weighted by Gasteiger charge is -2.33. The second-order valence-electron chi connectivity index (χ2n) is 7.44. The Morgan fingerprint density at radius 2 is 1.90 bits per heavy atom. The highest BCUT2D eigenvalue weighted by Gasteiger charge is 2.30. The number of benzene rings is 1. The average molecular weight is 423 g/mol. The average Bonchev–Trinajstić information content (AvgIpc) is 3.12. The third-order valence-corrected chi connectivity index (χ3v) is 6.49. The van der Waals surface area contributed by atoms with E-state index in [1.165, 1.54) is 30.0 Å². The van der Waals surface area contributed by atoms with Crippen LogP contribution in [-0.4, -0.2) is 22.0 Å². The third-order valence-electron chi connectivity index (χ3n) is 5.54. The first-order valence-corrected chi connectivity index (χ1v) is 10.6. The van der Waals surface area contributed by atoms with Crippen molar-refractivity contribution < 1.29 is 5.11 Å². The lowest BCUT2D eigenvalue weighted by atomic mass is 9.74. The molecule has 0 bridgehead atoms. The molecule has 30 heavy (non-hydrogen) atoms. The van der Waals surface area contributed by atoms with Crippen LogP contribution in [0.2, 0.25) is 0 Å². The zero-order valence-electron chi connectivity index (χ0n) is 16.4. The molecular weight excluding hydrogens is 402 g/mol. The molecule has 8 nitrogen and oxygen atoms in total. The summed E-state index contributed by atoms with van der Waals surface area (Å²) in [6.07, 6.45) is 13.5. The molecule has 4 rings (SSSR count). The van der Waals surface area contributed by atoms with E-state index in [0.29, 0.717) is 11.8 Å². The second kappa shape index (κ2) is 8.66. The molecule has 2 aliphatic carbocycles. The Balaban J connectivity index is 1.67. The van der Waals surface area contributed by atoms with Gasteiger partial charge in [0, 0.05) is 22.9 Å². The third kappa shape index (κ3) is 3.93. The molecule has 1 saturated carbocycles. The smallest absolute Gasteiger partial charge is 0.206 e. The summed E-state index contributed by atoms with van der Waals surface area (Å²) in [7, 11) is 0. The molecule has 0 radical (unpaired) electrons. The number of hydrogen-bond acceptors (Lipinski definition) is 8. The Labute approximate surface area is 176 Å². The molecule has 0 aliphatic heterocycles. The van der Waals surface area contributed by atoms with Gasteiger partial charge in [0.25, 0.3) is 0 Å². The minimum Gasteiger partial charge on any atom is -0.507 e. The highest BCUT2D eigenvalue weighted by Crippen LogP contribution is 2.36. The largest absolute Gasteiger partial charge is 0.507 e. The fraction of sp³-hybridized carbons (Fsp3) is 0.333. The molecule has 1 heterocycles. The Bertz CT molecular complexity index is 1130. The number of thiazole rings is 1. The molecular formula is C21H21N5O3S. The van der Waals surface area contributed by atoms with Crippen molar-refractivity contribution >= 4 is 28.9 Å². The van der Waals surface area contributed by atoms with Crippen LogP contribution in [0.15, 0.2) is 62.3 Å². The van der Waals surface area contributed by atoms with Crippen LogP contribution in [0.3, 0.4) is 0 Å². The molecule has 3 unspecified atom stereocenters. The quantitative estimate of drug-likeness (QED) is 0.536. The van der Waals surface area contributed by atoms with Gasteiger partial charge in [0.05, 0.1) is 18.0 Å². The zero-order valence-corrected chi connectivity index (χ0v) is 17.2. The summed E-state index contributed by atoms with van der Waals surface area (Å²) in [5.74, 6) is 0.728. The van der Waals surface area contributed by atoms with Gasteiger partial charge in [0.15, 0.2) is 0 Å². The Morgan fingerprint density at radius 3 is 2.70 bits per heavy atom. The highest BCUT2D eigenvalue weighted by atomic mass is 32.1. The predicted molar refractivity (Wildman–Crippen MR) is 118 cm³/mol. The molecule has 1 aromatic carbocycles. The van der Waals surface area contributed by atoms with Gasteiger partial charge in [-0.05, 0) is 42.1 Å². The van der Waals surface area contributed by atoms with E-state index in [0.717, 1.165) is 29.4 Å². The maximum absolute atomic E-state index is 10.9. The summed E-state index contributed by atoms with van der Waals surface area (Å²) in [4.78, 5) is 27.5.